The van der Waals surface area contributed by atoms with Gasteiger partial charge in [0.05, 0.1) is 23.4 Å². The zero-order valence-corrected chi connectivity index (χ0v) is 15.1. The van der Waals surface area contributed by atoms with Crippen molar-refractivity contribution in [3.63, 3.8) is 0 Å². The van der Waals surface area contributed by atoms with E-state index in [2.05, 4.69) is 46.9 Å². The Morgan fingerprint density at radius 3 is 2.50 bits per heavy atom. The fourth-order valence-corrected chi connectivity index (χ4v) is 4.67. The number of allylic oxidation sites excluding steroid dienone is 4. The molecule has 0 saturated carbocycles. The van der Waals surface area contributed by atoms with Crippen molar-refractivity contribution in [3.8, 4) is 18.2 Å². The summed E-state index contributed by atoms with van der Waals surface area (Å²) >= 11 is 2.24. The molecule has 2 atom stereocenters. The first-order valence-corrected chi connectivity index (χ1v) is 8.86. The lowest BCUT2D eigenvalue weighted by Crippen LogP contribution is -2.43. The first-order chi connectivity index (χ1) is 11.6. The van der Waals surface area contributed by atoms with Crippen molar-refractivity contribution >= 4 is 22.6 Å². The maximum absolute atomic E-state index is 9.92. The monoisotopic (exact) mass is 426 g/mol. The Hall–Kier alpha value is -2.30. The molecule has 0 unspecified atom stereocenters. The number of nitrogens with two attached hydrogens (primary N) is 1. The highest BCUT2D eigenvalue weighted by Gasteiger charge is 2.54. The van der Waals surface area contributed by atoms with Crippen molar-refractivity contribution in [2.75, 3.05) is 0 Å². The third-order valence-corrected chi connectivity index (χ3v) is 6.02. The normalized spacial score (nSPS) is 24.8. The van der Waals surface area contributed by atoms with Gasteiger partial charge in [0.1, 0.15) is 6.07 Å². The summed E-state index contributed by atoms with van der Waals surface area (Å²) in [6.45, 7) is 0. The number of halogens is 1. The van der Waals surface area contributed by atoms with Gasteiger partial charge in [-0.15, -0.1) is 0 Å². The molecule has 0 amide bonds. The van der Waals surface area contributed by atoms with E-state index in [0.717, 1.165) is 34.0 Å². The minimum Gasteiger partial charge on any atom is -0.399 e. The van der Waals surface area contributed by atoms with Gasteiger partial charge in [-0.2, -0.15) is 15.8 Å². The first kappa shape index (κ1) is 16.6. The van der Waals surface area contributed by atoms with Gasteiger partial charge in [0.25, 0.3) is 0 Å². The van der Waals surface area contributed by atoms with Gasteiger partial charge in [-0.05, 0) is 65.0 Å². The second-order valence-electron chi connectivity index (χ2n) is 6.13. The standard InChI is InChI=1S/C19H15IN4/c20-16-8-4-3-7-14(16)17-13-6-2-1-5-12(13)15(9-21)18(24)19(17,10-22)11-23/h3-5,7-8,13,17H,1-2,6,24H2/t13-,17-/m1/s1. The predicted octanol–water partition coefficient (Wildman–Crippen LogP) is 3.88. The maximum Gasteiger partial charge on any atom is 0.191 e. The lowest BCUT2D eigenvalue weighted by molar-refractivity contribution is 0.316. The zero-order chi connectivity index (χ0) is 17.3. The van der Waals surface area contributed by atoms with E-state index >= 15 is 0 Å². The Morgan fingerprint density at radius 2 is 1.88 bits per heavy atom. The van der Waals surface area contributed by atoms with Crippen molar-refractivity contribution in [2.45, 2.75) is 25.2 Å². The van der Waals surface area contributed by atoms with E-state index < -0.39 is 5.41 Å². The van der Waals surface area contributed by atoms with E-state index in [-0.39, 0.29) is 17.5 Å². The van der Waals surface area contributed by atoms with E-state index in [4.69, 9.17) is 5.73 Å². The molecule has 0 aliphatic heterocycles. The molecule has 1 aromatic carbocycles. The van der Waals surface area contributed by atoms with Crippen LogP contribution in [0.1, 0.15) is 30.7 Å². The summed E-state index contributed by atoms with van der Waals surface area (Å²) in [4.78, 5) is 0. The quantitative estimate of drug-likeness (QED) is 0.689. The molecule has 0 radical (unpaired) electrons. The van der Waals surface area contributed by atoms with Crippen molar-refractivity contribution < 1.29 is 0 Å². The molecule has 5 heteroatoms. The maximum atomic E-state index is 9.92. The third-order valence-electron chi connectivity index (χ3n) is 5.04. The van der Waals surface area contributed by atoms with Crippen molar-refractivity contribution in [2.24, 2.45) is 17.1 Å². The summed E-state index contributed by atoms with van der Waals surface area (Å²) in [7, 11) is 0. The number of hydrogen-bond donors (Lipinski definition) is 1. The molecular weight excluding hydrogens is 411 g/mol. The molecule has 0 heterocycles. The summed E-state index contributed by atoms with van der Waals surface area (Å²) < 4.78 is 1.01. The van der Waals surface area contributed by atoms with Crippen LogP contribution in [0.5, 0.6) is 0 Å². The summed E-state index contributed by atoms with van der Waals surface area (Å²) in [6, 6.07) is 14.3. The van der Waals surface area contributed by atoms with Gasteiger partial charge in [-0.25, -0.2) is 0 Å². The van der Waals surface area contributed by atoms with Crippen LogP contribution in [0.15, 0.2) is 47.2 Å². The van der Waals surface area contributed by atoms with Gasteiger partial charge in [0, 0.05) is 9.49 Å². The summed E-state index contributed by atoms with van der Waals surface area (Å²) in [5.74, 6) is -0.389. The molecule has 24 heavy (non-hydrogen) atoms. The van der Waals surface area contributed by atoms with Crippen molar-refractivity contribution in [1.82, 2.24) is 0 Å². The highest BCUT2D eigenvalue weighted by Crippen LogP contribution is 2.56. The molecule has 0 fully saturated rings. The second kappa shape index (κ2) is 6.30. The second-order valence-corrected chi connectivity index (χ2v) is 7.29. The molecule has 2 N–H and O–H groups in total. The molecule has 118 valence electrons. The Balaban J connectivity index is 2.37. The molecule has 0 spiro atoms. The number of benzene rings is 1. The number of hydrogen-bond acceptors (Lipinski definition) is 4. The lowest BCUT2D eigenvalue weighted by Gasteiger charge is -2.43. The van der Waals surface area contributed by atoms with Crippen LogP contribution in [0.4, 0.5) is 0 Å². The molecule has 3 rings (SSSR count). The molecule has 0 saturated heterocycles. The fourth-order valence-electron chi connectivity index (χ4n) is 3.94. The van der Waals surface area contributed by atoms with Crippen LogP contribution in [0.3, 0.4) is 0 Å². The van der Waals surface area contributed by atoms with Crippen LogP contribution in [0, 0.1) is 48.9 Å². The predicted molar refractivity (Wildman–Crippen MR) is 97.8 cm³/mol. The first-order valence-electron chi connectivity index (χ1n) is 7.78. The lowest BCUT2D eigenvalue weighted by atomic mass is 9.57. The molecule has 0 aromatic heterocycles. The van der Waals surface area contributed by atoms with Crippen molar-refractivity contribution in [1.29, 1.82) is 15.8 Å². The average Bonchev–Trinajstić information content (AvgIpc) is 2.62. The van der Waals surface area contributed by atoms with Gasteiger partial charge < -0.3 is 5.73 Å². The minimum absolute atomic E-state index is 0.0316. The van der Waals surface area contributed by atoms with Crippen LogP contribution in [-0.4, -0.2) is 0 Å². The minimum atomic E-state index is -1.51. The Kier molecular flexibility index (Phi) is 4.35. The Morgan fingerprint density at radius 1 is 1.17 bits per heavy atom. The average molecular weight is 426 g/mol. The smallest absolute Gasteiger partial charge is 0.191 e. The van der Waals surface area contributed by atoms with Gasteiger partial charge in [-0.3, -0.25) is 0 Å². The number of rotatable bonds is 1. The molecule has 2 aliphatic carbocycles. The molecule has 0 bridgehead atoms. The fraction of sp³-hybridized carbons (Fsp3) is 0.316. The topological polar surface area (TPSA) is 97.4 Å². The number of nitrogens with zero attached hydrogens (tertiary/aromatic N) is 3. The zero-order valence-electron chi connectivity index (χ0n) is 13.0. The van der Waals surface area contributed by atoms with Gasteiger partial charge in [0.2, 0.25) is 0 Å². The van der Waals surface area contributed by atoms with Crippen LogP contribution in [0.25, 0.3) is 0 Å². The van der Waals surface area contributed by atoms with E-state index in [1.54, 1.807) is 0 Å². The van der Waals surface area contributed by atoms with E-state index in [1.807, 2.05) is 24.3 Å². The molecule has 2 aliphatic rings. The largest absolute Gasteiger partial charge is 0.399 e. The van der Waals surface area contributed by atoms with Crippen LogP contribution >= 0.6 is 22.6 Å². The molecular formula is C19H15IN4. The Labute approximate surface area is 155 Å². The highest BCUT2D eigenvalue weighted by atomic mass is 127. The van der Waals surface area contributed by atoms with Crippen molar-refractivity contribution in [3.05, 3.63) is 56.3 Å². The number of nitriles is 3. The molecule has 1 aromatic rings. The third kappa shape index (κ3) is 2.22. The van der Waals surface area contributed by atoms with E-state index in [1.165, 1.54) is 0 Å². The van der Waals surface area contributed by atoms with E-state index in [9.17, 15) is 15.8 Å². The van der Waals surface area contributed by atoms with Gasteiger partial charge >= 0.3 is 0 Å². The summed E-state index contributed by atoms with van der Waals surface area (Å²) in [5, 5.41) is 29.4. The summed E-state index contributed by atoms with van der Waals surface area (Å²) in [5.41, 5.74) is 7.03. The number of fused-ring (bicyclic) bond motifs is 1. The highest BCUT2D eigenvalue weighted by molar-refractivity contribution is 14.1. The van der Waals surface area contributed by atoms with Crippen LogP contribution in [-0.2, 0) is 0 Å². The summed E-state index contributed by atoms with van der Waals surface area (Å²) in [6.07, 6.45) is 4.79. The van der Waals surface area contributed by atoms with Crippen LogP contribution in [0.2, 0.25) is 0 Å². The van der Waals surface area contributed by atoms with E-state index in [0.29, 0.717) is 5.57 Å². The Bertz CT molecular complexity index is 862. The SMILES string of the molecule is N#CC1=C(N)C(C#N)(C#N)[C@@H](c2ccccc2I)[C@@H]2CCCC=C12. The van der Waals surface area contributed by atoms with Gasteiger partial charge in [-0.1, -0.05) is 24.3 Å². The molecule has 4 nitrogen and oxygen atoms in total. The van der Waals surface area contributed by atoms with Crippen LogP contribution < -0.4 is 5.73 Å². The van der Waals surface area contributed by atoms with Gasteiger partial charge in [0.15, 0.2) is 5.41 Å².